The molecule has 2 aromatic rings. The Kier molecular flexibility index (Phi) is 4.04. The molecule has 0 radical (unpaired) electrons. The first-order chi connectivity index (χ1) is 8.68. The SMILES string of the molecule is CCC(C)(CCO)NCc1c[nH]c2ccccc12. The highest BCUT2D eigenvalue weighted by atomic mass is 16.3. The maximum atomic E-state index is 9.12. The van der Waals surface area contributed by atoms with Gasteiger partial charge in [0.25, 0.3) is 0 Å². The minimum absolute atomic E-state index is 0.00707. The number of rotatable bonds is 6. The Morgan fingerprint density at radius 3 is 2.83 bits per heavy atom. The van der Waals surface area contributed by atoms with Crippen LogP contribution in [0.25, 0.3) is 10.9 Å². The lowest BCUT2D eigenvalue weighted by Gasteiger charge is -2.29. The van der Waals surface area contributed by atoms with Crippen LogP contribution in [0.5, 0.6) is 0 Å². The summed E-state index contributed by atoms with van der Waals surface area (Å²) in [6.07, 6.45) is 3.86. The normalized spacial score (nSPS) is 14.8. The largest absolute Gasteiger partial charge is 0.396 e. The number of hydrogen-bond acceptors (Lipinski definition) is 2. The molecule has 1 heterocycles. The summed E-state index contributed by atoms with van der Waals surface area (Å²) in [6.45, 7) is 5.37. The summed E-state index contributed by atoms with van der Waals surface area (Å²) in [4.78, 5) is 3.29. The van der Waals surface area contributed by atoms with Crippen molar-refractivity contribution in [2.24, 2.45) is 0 Å². The molecular formula is C15H22N2O. The van der Waals surface area contributed by atoms with Gasteiger partial charge in [0, 0.05) is 35.8 Å². The first-order valence-electron chi connectivity index (χ1n) is 6.59. The summed E-state index contributed by atoms with van der Waals surface area (Å²) in [6, 6.07) is 8.33. The van der Waals surface area contributed by atoms with E-state index in [1.165, 1.54) is 16.5 Å². The van der Waals surface area contributed by atoms with Crippen LogP contribution < -0.4 is 5.32 Å². The van der Waals surface area contributed by atoms with Crippen LogP contribution in [-0.4, -0.2) is 22.2 Å². The van der Waals surface area contributed by atoms with Gasteiger partial charge in [0.15, 0.2) is 0 Å². The number of hydrogen-bond donors (Lipinski definition) is 3. The van der Waals surface area contributed by atoms with Crippen LogP contribution in [-0.2, 0) is 6.54 Å². The molecule has 0 aliphatic rings. The third-order valence-electron chi connectivity index (χ3n) is 3.82. The zero-order valence-electron chi connectivity index (χ0n) is 11.2. The van der Waals surface area contributed by atoms with Crippen LogP contribution in [0, 0.1) is 0 Å². The molecule has 0 aliphatic carbocycles. The van der Waals surface area contributed by atoms with Crippen LogP contribution in [0.1, 0.15) is 32.3 Å². The average Bonchev–Trinajstić information content (AvgIpc) is 2.80. The predicted molar refractivity (Wildman–Crippen MR) is 75.5 cm³/mol. The zero-order chi connectivity index (χ0) is 13.0. The number of aliphatic hydroxyl groups excluding tert-OH is 1. The predicted octanol–water partition coefficient (Wildman–Crippen LogP) is 2.81. The van der Waals surface area contributed by atoms with Gasteiger partial charge in [0.2, 0.25) is 0 Å². The van der Waals surface area contributed by atoms with Gasteiger partial charge in [-0.2, -0.15) is 0 Å². The molecule has 2 rings (SSSR count). The first-order valence-corrected chi connectivity index (χ1v) is 6.59. The Labute approximate surface area is 108 Å². The molecule has 3 heteroatoms. The van der Waals surface area contributed by atoms with E-state index in [0.29, 0.717) is 0 Å². The molecule has 0 bridgehead atoms. The van der Waals surface area contributed by atoms with Gasteiger partial charge in [-0.05, 0) is 31.4 Å². The van der Waals surface area contributed by atoms with E-state index < -0.39 is 0 Å². The van der Waals surface area contributed by atoms with Gasteiger partial charge in [-0.1, -0.05) is 25.1 Å². The number of H-pyrrole nitrogens is 1. The quantitative estimate of drug-likeness (QED) is 0.734. The fraction of sp³-hybridized carbons (Fsp3) is 0.467. The molecule has 0 spiro atoms. The molecule has 1 aromatic heterocycles. The standard InChI is InChI=1S/C15H22N2O/c1-3-15(2,8-9-18)17-11-12-10-16-14-7-5-4-6-13(12)14/h4-7,10,16-18H,3,8-9,11H2,1-2H3. The van der Waals surface area contributed by atoms with E-state index in [4.69, 9.17) is 5.11 Å². The molecule has 0 amide bonds. The number of aliphatic hydroxyl groups is 1. The maximum Gasteiger partial charge on any atom is 0.0457 e. The van der Waals surface area contributed by atoms with Crippen LogP contribution in [0.4, 0.5) is 0 Å². The van der Waals surface area contributed by atoms with Gasteiger partial charge in [-0.25, -0.2) is 0 Å². The lowest BCUT2D eigenvalue weighted by atomic mass is 9.94. The van der Waals surface area contributed by atoms with Gasteiger partial charge >= 0.3 is 0 Å². The van der Waals surface area contributed by atoms with Crippen molar-refractivity contribution in [2.45, 2.75) is 38.8 Å². The van der Waals surface area contributed by atoms with E-state index in [1.807, 2.05) is 6.07 Å². The summed E-state index contributed by atoms with van der Waals surface area (Å²) < 4.78 is 0. The van der Waals surface area contributed by atoms with E-state index in [-0.39, 0.29) is 12.1 Å². The number of nitrogens with one attached hydrogen (secondary N) is 2. The minimum atomic E-state index is 0.00707. The number of aromatic nitrogens is 1. The van der Waals surface area contributed by atoms with Crippen LogP contribution in [0.3, 0.4) is 0 Å². The third-order valence-corrected chi connectivity index (χ3v) is 3.82. The molecule has 0 saturated heterocycles. The third kappa shape index (κ3) is 2.74. The molecule has 1 unspecified atom stereocenters. The number of aromatic amines is 1. The van der Waals surface area contributed by atoms with Crippen molar-refractivity contribution >= 4 is 10.9 Å². The Hall–Kier alpha value is -1.32. The van der Waals surface area contributed by atoms with Crippen molar-refractivity contribution in [1.29, 1.82) is 0 Å². The summed E-state index contributed by atoms with van der Waals surface area (Å²) in [5.74, 6) is 0. The molecule has 98 valence electrons. The molecule has 1 atom stereocenters. The van der Waals surface area contributed by atoms with Crippen LogP contribution >= 0.6 is 0 Å². The van der Waals surface area contributed by atoms with E-state index in [2.05, 4.69) is 48.5 Å². The van der Waals surface area contributed by atoms with E-state index in [9.17, 15) is 0 Å². The van der Waals surface area contributed by atoms with Crippen molar-refractivity contribution in [3.05, 3.63) is 36.0 Å². The van der Waals surface area contributed by atoms with E-state index in [1.54, 1.807) is 0 Å². The van der Waals surface area contributed by atoms with E-state index in [0.717, 1.165) is 19.4 Å². The monoisotopic (exact) mass is 246 g/mol. The van der Waals surface area contributed by atoms with Crippen LogP contribution in [0.15, 0.2) is 30.5 Å². The number of fused-ring (bicyclic) bond motifs is 1. The second-order valence-electron chi connectivity index (χ2n) is 5.10. The zero-order valence-corrected chi connectivity index (χ0v) is 11.2. The summed E-state index contributed by atoms with van der Waals surface area (Å²) >= 11 is 0. The van der Waals surface area contributed by atoms with Gasteiger partial charge in [-0.15, -0.1) is 0 Å². The fourth-order valence-corrected chi connectivity index (χ4v) is 2.22. The molecule has 1 aromatic carbocycles. The van der Waals surface area contributed by atoms with Crippen molar-refractivity contribution in [1.82, 2.24) is 10.3 Å². The molecule has 0 aliphatic heterocycles. The van der Waals surface area contributed by atoms with Crippen molar-refractivity contribution < 1.29 is 5.11 Å². The highest BCUT2D eigenvalue weighted by Crippen LogP contribution is 2.20. The smallest absolute Gasteiger partial charge is 0.0457 e. The molecular weight excluding hydrogens is 224 g/mol. The van der Waals surface area contributed by atoms with Crippen molar-refractivity contribution in [3.63, 3.8) is 0 Å². The van der Waals surface area contributed by atoms with Crippen molar-refractivity contribution in [3.8, 4) is 0 Å². The second kappa shape index (κ2) is 5.55. The van der Waals surface area contributed by atoms with Crippen LogP contribution in [0.2, 0.25) is 0 Å². The first kappa shape index (κ1) is 13.1. The minimum Gasteiger partial charge on any atom is -0.396 e. The second-order valence-corrected chi connectivity index (χ2v) is 5.10. The van der Waals surface area contributed by atoms with E-state index >= 15 is 0 Å². The lowest BCUT2D eigenvalue weighted by molar-refractivity contribution is 0.214. The highest BCUT2D eigenvalue weighted by molar-refractivity contribution is 5.82. The Morgan fingerprint density at radius 2 is 2.11 bits per heavy atom. The topological polar surface area (TPSA) is 48.0 Å². The number of benzene rings is 1. The fourth-order valence-electron chi connectivity index (χ4n) is 2.22. The van der Waals surface area contributed by atoms with Gasteiger partial charge in [-0.3, -0.25) is 0 Å². The van der Waals surface area contributed by atoms with Gasteiger partial charge in [0.05, 0.1) is 0 Å². The highest BCUT2D eigenvalue weighted by Gasteiger charge is 2.20. The Bertz CT molecular complexity index is 506. The van der Waals surface area contributed by atoms with Gasteiger partial charge < -0.3 is 15.4 Å². The lowest BCUT2D eigenvalue weighted by Crippen LogP contribution is -2.41. The molecule has 0 saturated carbocycles. The maximum absolute atomic E-state index is 9.12. The number of para-hydroxylation sites is 1. The van der Waals surface area contributed by atoms with Crippen molar-refractivity contribution in [2.75, 3.05) is 6.61 Å². The van der Waals surface area contributed by atoms with Gasteiger partial charge in [0.1, 0.15) is 0 Å². The molecule has 3 nitrogen and oxygen atoms in total. The summed E-state index contributed by atoms with van der Waals surface area (Å²) in [5.41, 5.74) is 2.46. The summed E-state index contributed by atoms with van der Waals surface area (Å²) in [5, 5.41) is 13.9. The Balaban J connectivity index is 2.10. The molecule has 18 heavy (non-hydrogen) atoms. The Morgan fingerprint density at radius 1 is 1.33 bits per heavy atom. The summed E-state index contributed by atoms with van der Waals surface area (Å²) in [7, 11) is 0. The molecule has 3 N–H and O–H groups in total. The molecule has 0 fully saturated rings. The average molecular weight is 246 g/mol.